The molecule has 0 saturated carbocycles. The molecular weight excluding hydrogens is 217 g/mol. The van der Waals surface area contributed by atoms with Gasteiger partial charge in [-0.3, -0.25) is 0 Å². The predicted octanol–water partition coefficient (Wildman–Crippen LogP) is 0.824. The van der Waals surface area contributed by atoms with Gasteiger partial charge in [0.25, 0.3) is 0 Å². The van der Waals surface area contributed by atoms with Gasteiger partial charge in [-0.05, 0) is 12.1 Å². The first-order valence-corrected chi connectivity index (χ1v) is 4.19. The predicted molar refractivity (Wildman–Crippen MR) is 50.3 cm³/mol. The number of carboxylic acids is 1. The highest BCUT2D eigenvalue weighted by Gasteiger charge is 2.23. The lowest BCUT2D eigenvalue weighted by molar-refractivity contribution is -0.147. The van der Waals surface area contributed by atoms with Crippen LogP contribution in [0.15, 0.2) is 12.1 Å². The molecule has 16 heavy (non-hydrogen) atoms. The fourth-order valence-corrected chi connectivity index (χ4v) is 1.23. The lowest BCUT2D eigenvalue weighted by Crippen LogP contribution is -2.12. The highest BCUT2D eigenvalue weighted by atomic mass is 19.1. The summed E-state index contributed by atoms with van der Waals surface area (Å²) in [7, 11) is 1.14. The van der Waals surface area contributed by atoms with Crippen molar-refractivity contribution in [2.24, 2.45) is 0 Å². The monoisotopic (exact) mass is 225 g/mol. The number of benzene rings is 1. The van der Waals surface area contributed by atoms with Crippen molar-refractivity contribution in [3.05, 3.63) is 29.1 Å². The Kier molecular flexibility index (Phi) is 3.43. The molecule has 0 aliphatic rings. The maximum atomic E-state index is 13.3. The minimum Gasteiger partial charge on any atom is -0.493 e. The van der Waals surface area contributed by atoms with Gasteiger partial charge in [0.1, 0.15) is 0 Å². The highest BCUT2D eigenvalue weighted by molar-refractivity contribution is 5.75. The SMILES string of the molecule is COc1c(F)cc(C#N)cc1C(O)C(=O)O. The molecule has 1 aromatic rings. The Morgan fingerprint density at radius 2 is 2.25 bits per heavy atom. The van der Waals surface area contributed by atoms with E-state index in [1.807, 2.05) is 0 Å². The van der Waals surface area contributed by atoms with Crippen molar-refractivity contribution < 1.29 is 24.1 Å². The number of halogens is 1. The third-order valence-corrected chi connectivity index (χ3v) is 1.93. The molecule has 1 rings (SSSR count). The summed E-state index contributed by atoms with van der Waals surface area (Å²) in [4.78, 5) is 10.6. The van der Waals surface area contributed by atoms with E-state index in [1.54, 1.807) is 6.07 Å². The summed E-state index contributed by atoms with van der Waals surface area (Å²) in [6.07, 6.45) is -1.93. The fourth-order valence-electron chi connectivity index (χ4n) is 1.23. The molecule has 2 N–H and O–H groups in total. The Balaban J connectivity index is 3.40. The highest BCUT2D eigenvalue weighted by Crippen LogP contribution is 2.29. The summed E-state index contributed by atoms with van der Waals surface area (Å²) < 4.78 is 18.0. The van der Waals surface area contributed by atoms with Crippen LogP contribution in [0.25, 0.3) is 0 Å². The van der Waals surface area contributed by atoms with E-state index in [1.165, 1.54) is 0 Å². The maximum absolute atomic E-state index is 13.3. The van der Waals surface area contributed by atoms with Crippen LogP contribution in [0.5, 0.6) is 5.75 Å². The van der Waals surface area contributed by atoms with E-state index < -0.39 is 17.9 Å². The number of ether oxygens (including phenoxy) is 1. The van der Waals surface area contributed by atoms with E-state index in [0.717, 1.165) is 19.2 Å². The Morgan fingerprint density at radius 1 is 1.62 bits per heavy atom. The maximum Gasteiger partial charge on any atom is 0.337 e. The van der Waals surface area contributed by atoms with Crippen molar-refractivity contribution in [1.82, 2.24) is 0 Å². The number of carbonyl (C=O) groups is 1. The molecular formula is C10H8FNO4. The number of aliphatic carboxylic acids is 1. The first-order chi connectivity index (χ1) is 7.51. The molecule has 0 amide bonds. The van der Waals surface area contributed by atoms with Gasteiger partial charge < -0.3 is 14.9 Å². The fraction of sp³-hybridized carbons (Fsp3) is 0.200. The third-order valence-electron chi connectivity index (χ3n) is 1.93. The van der Waals surface area contributed by atoms with Crippen LogP contribution in [0.4, 0.5) is 4.39 Å². The summed E-state index contributed by atoms with van der Waals surface area (Å²) in [6, 6.07) is 3.62. The van der Waals surface area contributed by atoms with E-state index in [0.29, 0.717) is 0 Å². The average molecular weight is 225 g/mol. The normalized spacial score (nSPS) is 11.6. The molecule has 0 aliphatic heterocycles. The number of aliphatic hydroxyl groups is 1. The lowest BCUT2D eigenvalue weighted by atomic mass is 10.0. The van der Waals surface area contributed by atoms with Crippen LogP contribution in [0.2, 0.25) is 0 Å². The molecule has 0 radical (unpaired) electrons. The molecule has 84 valence electrons. The number of nitrogens with zero attached hydrogens (tertiary/aromatic N) is 1. The van der Waals surface area contributed by atoms with Crippen LogP contribution >= 0.6 is 0 Å². The van der Waals surface area contributed by atoms with Gasteiger partial charge in [-0.25, -0.2) is 9.18 Å². The zero-order valence-electron chi connectivity index (χ0n) is 8.27. The number of aliphatic hydroxyl groups excluding tert-OH is 1. The zero-order chi connectivity index (χ0) is 12.3. The van der Waals surface area contributed by atoms with Crippen molar-refractivity contribution in [3.63, 3.8) is 0 Å². The molecule has 0 spiro atoms. The van der Waals surface area contributed by atoms with Crippen LogP contribution in [0, 0.1) is 17.1 Å². The number of carboxylic acid groups (broad SMARTS) is 1. The van der Waals surface area contributed by atoms with Crippen LogP contribution in [-0.4, -0.2) is 23.3 Å². The molecule has 0 aromatic heterocycles. The van der Waals surface area contributed by atoms with Crippen LogP contribution < -0.4 is 4.74 Å². The molecule has 1 atom stereocenters. The minimum absolute atomic E-state index is 0.0893. The van der Waals surface area contributed by atoms with Gasteiger partial charge in [0.05, 0.1) is 18.7 Å². The van der Waals surface area contributed by atoms with Crippen LogP contribution in [0.3, 0.4) is 0 Å². The van der Waals surface area contributed by atoms with Crippen molar-refractivity contribution in [2.75, 3.05) is 7.11 Å². The number of hydrogen-bond donors (Lipinski definition) is 2. The largest absolute Gasteiger partial charge is 0.493 e. The van der Waals surface area contributed by atoms with Gasteiger partial charge >= 0.3 is 5.97 Å². The van der Waals surface area contributed by atoms with E-state index >= 15 is 0 Å². The molecule has 0 aliphatic carbocycles. The summed E-state index contributed by atoms with van der Waals surface area (Å²) >= 11 is 0. The second kappa shape index (κ2) is 4.59. The zero-order valence-corrected chi connectivity index (χ0v) is 8.27. The molecule has 0 bridgehead atoms. The van der Waals surface area contributed by atoms with Crippen molar-refractivity contribution in [3.8, 4) is 11.8 Å². The molecule has 6 heteroatoms. The standard InChI is InChI=1S/C10H8FNO4/c1-16-9-6(8(13)10(14)15)2-5(4-12)3-7(9)11/h2-3,8,13H,1H3,(H,14,15). The van der Waals surface area contributed by atoms with Gasteiger partial charge in [-0.1, -0.05) is 0 Å². The number of nitriles is 1. The third kappa shape index (κ3) is 2.10. The Hall–Kier alpha value is -2.13. The van der Waals surface area contributed by atoms with Crippen molar-refractivity contribution >= 4 is 5.97 Å². The van der Waals surface area contributed by atoms with Gasteiger partial charge in [0, 0.05) is 5.56 Å². The van der Waals surface area contributed by atoms with E-state index in [2.05, 4.69) is 4.74 Å². The minimum atomic E-state index is -1.93. The lowest BCUT2D eigenvalue weighted by Gasteiger charge is -2.12. The summed E-state index contributed by atoms with van der Waals surface area (Å²) in [6.45, 7) is 0. The molecule has 0 saturated heterocycles. The smallest absolute Gasteiger partial charge is 0.337 e. The summed E-state index contributed by atoms with van der Waals surface area (Å²) in [5.74, 6) is -2.82. The quantitative estimate of drug-likeness (QED) is 0.794. The first kappa shape index (κ1) is 11.9. The van der Waals surface area contributed by atoms with Gasteiger partial charge in [-0.15, -0.1) is 0 Å². The first-order valence-electron chi connectivity index (χ1n) is 4.19. The second-order valence-electron chi connectivity index (χ2n) is 2.93. The summed E-state index contributed by atoms with van der Waals surface area (Å²) in [5, 5.41) is 26.5. The topological polar surface area (TPSA) is 90.5 Å². The van der Waals surface area contributed by atoms with E-state index in [4.69, 9.17) is 10.4 Å². The molecule has 0 heterocycles. The summed E-state index contributed by atoms with van der Waals surface area (Å²) in [5.41, 5.74) is -0.375. The number of methoxy groups -OCH3 is 1. The second-order valence-corrected chi connectivity index (χ2v) is 2.93. The number of hydrogen-bond acceptors (Lipinski definition) is 4. The van der Waals surface area contributed by atoms with E-state index in [-0.39, 0.29) is 16.9 Å². The molecule has 5 nitrogen and oxygen atoms in total. The number of rotatable bonds is 3. The van der Waals surface area contributed by atoms with Gasteiger partial charge in [0.2, 0.25) is 0 Å². The Morgan fingerprint density at radius 3 is 2.69 bits per heavy atom. The van der Waals surface area contributed by atoms with Crippen LogP contribution in [0.1, 0.15) is 17.2 Å². The Bertz CT molecular complexity index is 467. The van der Waals surface area contributed by atoms with Gasteiger partial charge in [0.15, 0.2) is 17.7 Å². The van der Waals surface area contributed by atoms with E-state index in [9.17, 15) is 14.3 Å². The molecule has 1 unspecified atom stereocenters. The van der Waals surface area contributed by atoms with Crippen molar-refractivity contribution in [1.29, 1.82) is 5.26 Å². The molecule has 0 fully saturated rings. The van der Waals surface area contributed by atoms with Crippen LogP contribution in [-0.2, 0) is 4.79 Å². The van der Waals surface area contributed by atoms with Crippen molar-refractivity contribution in [2.45, 2.75) is 6.10 Å². The molecule has 1 aromatic carbocycles. The Labute approximate surface area is 90.3 Å². The average Bonchev–Trinajstić information content (AvgIpc) is 2.26. The van der Waals surface area contributed by atoms with Gasteiger partial charge in [-0.2, -0.15) is 5.26 Å².